The lowest BCUT2D eigenvalue weighted by atomic mass is 10.2. The molecule has 0 bridgehead atoms. The standard InChI is InChI=1S/C20H13N3O2/c1-2-13-6-5-7-14(12-13)21-19-18-15(20(24)25)10-11-23(18)17-9-4-3-8-16(17)22-19/h1,3-12H,(H,21,22)(H,24,25). The first kappa shape index (κ1) is 14.8. The molecule has 2 aromatic heterocycles. The summed E-state index contributed by atoms with van der Waals surface area (Å²) in [6, 6.07) is 16.5. The van der Waals surface area contributed by atoms with Crippen LogP contribution in [0.2, 0.25) is 0 Å². The highest BCUT2D eigenvalue weighted by Crippen LogP contribution is 2.28. The molecule has 4 aromatic rings. The van der Waals surface area contributed by atoms with Crippen molar-refractivity contribution in [1.82, 2.24) is 9.38 Å². The van der Waals surface area contributed by atoms with Crippen LogP contribution in [0, 0.1) is 12.3 Å². The fourth-order valence-corrected chi connectivity index (χ4v) is 2.89. The van der Waals surface area contributed by atoms with Crippen molar-refractivity contribution in [2.24, 2.45) is 0 Å². The number of aromatic nitrogens is 2. The Morgan fingerprint density at radius 2 is 2.00 bits per heavy atom. The van der Waals surface area contributed by atoms with Gasteiger partial charge in [-0.25, -0.2) is 9.78 Å². The zero-order valence-electron chi connectivity index (χ0n) is 13.1. The van der Waals surface area contributed by atoms with Gasteiger partial charge in [0, 0.05) is 17.4 Å². The third-order valence-corrected chi connectivity index (χ3v) is 4.01. The number of carboxylic acids is 1. The van der Waals surface area contributed by atoms with Crippen molar-refractivity contribution in [3.05, 3.63) is 71.9 Å². The molecule has 2 heterocycles. The lowest BCUT2D eigenvalue weighted by Crippen LogP contribution is -2.03. The highest BCUT2D eigenvalue weighted by molar-refractivity contribution is 6.02. The van der Waals surface area contributed by atoms with Crippen LogP contribution in [0.1, 0.15) is 15.9 Å². The van der Waals surface area contributed by atoms with E-state index in [1.54, 1.807) is 12.3 Å². The number of fused-ring (bicyclic) bond motifs is 3. The Balaban J connectivity index is 1.98. The first-order valence-electron chi connectivity index (χ1n) is 7.64. The monoisotopic (exact) mass is 327 g/mol. The van der Waals surface area contributed by atoms with Crippen LogP contribution in [-0.2, 0) is 0 Å². The van der Waals surface area contributed by atoms with Gasteiger partial charge in [0.25, 0.3) is 0 Å². The molecule has 0 aliphatic carbocycles. The Labute approximate surface area is 143 Å². The summed E-state index contributed by atoms with van der Waals surface area (Å²) in [7, 11) is 0. The van der Waals surface area contributed by atoms with E-state index in [9.17, 15) is 9.90 Å². The number of anilines is 2. The first-order valence-corrected chi connectivity index (χ1v) is 7.64. The third-order valence-electron chi connectivity index (χ3n) is 4.01. The normalized spacial score (nSPS) is 10.7. The Morgan fingerprint density at radius 1 is 1.16 bits per heavy atom. The molecule has 0 saturated carbocycles. The van der Waals surface area contributed by atoms with Crippen LogP contribution in [0.15, 0.2) is 60.8 Å². The molecule has 0 amide bonds. The number of hydrogen-bond acceptors (Lipinski definition) is 3. The van der Waals surface area contributed by atoms with E-state index in [-0.39, 0.29) is 5.56 Å². The Kier molecular flexibility index (Phi) is 3.37. The molecule has 0 aliphatic heterocycles. The van der Waals surface area contributed by atoms with E-state index >= 15 is 0 Å². The zero-order valence-corrected chi connectivity index (χ0v) is 13.1. The molecule has 5 heteroatoms. The number of nitrogens with zero attached hydrogens (tertiary/aromatic N) is 2. The summed E-state index contributed by atoms with van der Waals surface area (Å²) in [5.74, 6) is 2.05. The molecule has 2 N–H and O–H groups in total. The van der Waals surface area contributed by atoms with Crippen molar-refractivity contribution >= 4 is 34.0 Å². The average Bonchev–Trinajstić information content (AvgIpc) is 3.08. The van der Waals surface area contributed by atoms with Crippen LogP contribution in [0.5, 0.6) is 0 Å². The number of carboxylic acid groups (broad SMARTS) is 1. The van der Waals surface area contributed by atoms with E-state index in [1.807, 2.05) is 52.9 Å². The molecule has 0 radical (unpaired) electrons. The van der Waals surface area contributed by atoms with Gasteiger partial charge in [0.1, 0.15) is 5.52 Å². The molecule has 5 nitrogen and oxygen atoms in total. The maximum absolute atomic E-state index is 11.6. The largest absolute Gasteiger partial charge is 0.478 e. The van der Waals surface area contributed by atoms with Crippen LogP contribution < -0.4 is 5.32 Å². The second-order valence-corrected chi connectivity index (χ2v) is 5.55. The summed E-state index contributed by atoms with van der Waals surface area (Å²) in [5, 5.41) is 12.7. The molecule has 25 heavy (non-hydrogen) atoms. The topological polar surface area (TPSA) is 66.6 Å². The second kappa shape index (κ2) is 5.69. The number of terminal acetylenes is 1. The van der Waals surface area contributed by atoms with Crippen LogP contribution in [0.4, 0.5) is 11.5 Å². The van der Waals surface area contributed by atoms with Gasteiger partial charge in [-0.2, -0.15) is 0 Å². The number of carbonyl (C=O) groups is 1. The molecule has 0 spiro atoms. The summed E-state index contributed by atoms with van der Waals surface area (Å²) in [4.78, 5) is 16.2. The van der Waals surface area contributed by atoms with Crippen LogP contribution in [-0.4, -0.2) is 20.5 Å². The molecular formula is C20H13N3O2. The fraction of sp³-hybridized carbons (Fsp3) is 0. The third kappa shape index (κ3) is 2.46. The zero-order chi connectivity index (χ0) is 17.4. The van der Waals surface area contributed by atoms with E-state index in [2.05, 4.69) is 16.2 Å². The molecule has 0 unspecified atom stereocenters. The first-order chi connectivity index (χ1) is 12.2. The van der Waals surface area contributed by atoms with Crippen molar-refractivity contribution in [3.8, 4) is 12.3 Å². The maximum atomic E-state index is 11.6. The fourth-order valence-electron chi connectivity index (χ4n) is 2.89. The van der Waals surface area contributed by atoms with Crippen LogP contribution in [0.3, 0.4) is 0 Å². The number of nitrogens with one attached hydrogen (secondary N) is 1. The van der Waals surface area contributed by atoms with Crippen molar-refractivity contribution in [2.45, 2.75) is 0 Å². The minimum atomic E-state index is -1.000. The molecule has 0 atom stereocenters. The molecule has 4 rings (SSSR count). The number of aromatic carboxylic acids is 1. The molecule has 0 aliphatic rings. The van der Waals surface area contributed by atoms with E-state index < -0.39 is 5.97 Å². The highest BCUT2D eigenvalue weighted by Gasteiger charge is 2.17. The van der Waals surface area contributed by atoms with Crippen molar-refractivity contribution < 1.29 is 9.90 Å². The predicted octanol–water partition coefficient (Wildman–Crippen LogP) is 3.91. The second-order valence-electron chi connectivity index (χ2n) is 5.55. The van der Waals surface area contributed by atoms with Crippen molar-refractivity contribution in [1.29, 1.82) is 0 Å². The lowest BCUT2D eigenvalue weighted by Gasteiger charge is -2.11. The number of para-hydroxylation sites is 2. The minimum Gasteiger partial charge on any atom is -0.478 e. The summed E-state index contributed by atoms with van der Waals surface area (Å²) >= 11 is 0. The lowest BCUT2D eigenvalue weighted by molar-refractivity contribution is 0.0699. The van der Waals surface area contributed by atoms with Gasteiger partial charge in [0.05, 0.1) is 16.6 Å². The van der Waals surface area contributed by atoms with E-state index in [4.69, 9.17) is 6.42 Å². The van der Waals surface area contributed by atoms with Gasteiger partial charge in [-0.05, 0) is 36.4 Å². The van der Waals surface area contributed by atoms with Crippen LogP contribution >= 0.6 is 0 Å². The number of rotatable bonds is 3. The van der Waals surface area contributed by atoms with Gasteiger partial charge in [-0.1, -0.05) is 24.1 Å². The Morgan fingerprint density at radius 3 is 2.80 bits per heavy atom. The van der Waals surface area contributed by atoms with E-state index in [1.165, 1.54) is 0 Å². The molecular weight excluding hydrogens is 314 g/mol. The van der Waals surface area contributed by atoms with Gasteiger partial charge in [0.15, 0.2) is 5.82 Å². The number of hydrogen-bond donors (Lipinski definition) is 2. The molecule has 2 aromatic carbocycles. The van der Waals surface area contributed by atoms with Gasteiger partial charge in [0.2, 0.25) is 0 Å². The summed E-state index contributed by atoms with van der Waals surface area (Å²) in [5.41, 5.74) is 3.78. The summed E-state index contributed by atoms with van der Waals surface area (Å²) in [6.07, 6.45) is 7.19. The summed E-state index contributed by atoms with van der Waals surface area (Å²) in [6.45, 7) is 0. The van der Waals surface area contributed by atoms with Gasteiger partial charge < -0.3 is 14.8 Å². The average molecular weight is 327 g/mol. The molecule has 120 valence electrons. The van der Waals surface area contributed by atoms with Gasteiger partial charge in [-0.3, -0.25) is 0 Å². The Hall–Kier alpha value is -3.78. The maximum Gasteiger partial charge on any atom is 0.338 e. The highest BCUT2D eigenvalue weighted by atomic mass is 16.4. The molecule has 0 fully saturated rings. The van der Waals surface area contributed by atoms with Crippen molar-refractivity contribution in [3.63, 3.8) is 0 Å². The quantitative estimate of drug-likeness (QED) is 0.560. The SMILES string of the molecule is C#Cc1cccc(Nc2nc3ccccc3n3ccc(C(=O)O)c23)c1. The van der Waals surface area contributed by atoms with Gasteiger partial charge >= 0.3 is 5.97 Å². The van der Waals surface area contributed by atoms with Gasteiger partial charge in [-0.15, -0.1) is 6.42 Å². The smallest absolute Gasteiger partial charge is 0.338 e. The van der Waals surface area contributed by atoms with E-state index in [0.717, 1.165) is 22.3 Å². The predicted molar refractivity (Wildman–Crippen MR) is 97.3 cm³/mol. The summed E-state index contributed by atoms with van der Waals surface area (Å²) < 4.78 is 1.83. The minimum absolute atomic E-state index is 0.189. The number of benzene rings is 2. The molecule has 0 saturated heterocycles. The van der Waals surface area contributed by atoms with Crippen LogP contribution in [0.25, 0.3) is 16.6 Å². The van der Waals surface area contributed by atoms with Crippen molar-refractivity contribution in [2.75, 3.05) is 5.32 Å². The van der Waals surface area contributed by atoms with E-state index in [0.29, 0.717) is 11.3 Å². The Bertz CT molecular complexity index is 1170.